The second-order valence-corrected chi connectivity index (χ2v) is 7.47. The van der Waals surface area contributed by atoms with Crippen molar-refractivity contribution in [2.45, 2.75) is 12.6 Å². The van der Waals surface area contributed by atoms with Gasteiger partial charge in [-0.1, -0.05) is 30.3 Å². The van der Waals surface area contributed by atoms with E-state index in [0.717, 1.165) is 27.9 Å². The Bertz CT molecular complexity index is 1290. The number of rotatable bonds is 4. The zero-order valence-electron chi connectivity index (χ0n) is 17.1. The average Bonchev–Trinajstić information content (AvgIpc) is 2.98. The van der Waals surface area contributed by atoms with Crippen molar-refractivity contribution in [3.05, 3.63) is 81.9 Å². The maximum Gasteiger partial charge on any atom is 0.349 e. The summed E-state index contributed by atoms with van der Waals surface area (Å²) in [6.07, 6.45) is 0. The van der Waals surface area contributed by atoms with Gasteiger partial charge >= 0.3 is 5.69 Å². The van der Waals surface area contributed by atoms with Crippen LogP contribution in [0.15, 0.2) is 59.4 Å². The molecule has 0 radical (unpaired) electrons. The number of aromatic nitrogens is 3. The zero-order valence-corrected chi connectivity index (χ0v) is 17.1. The molecule has 8 heteroatoms. The van der Waals surface area contributed by atoms with E-state index in [-0.39, 0.29) is 17.7 Å². The first-order valence-electron chi connectivity index (χ1n) is 10.1. The van der Waals surface area contributed by atoms with Gasteiger partial charge in [0.1, 0.15) is 18.2 Å². The molecule has 0 bridgehead atoms. The predicted octanol–water partition coefficient (Wildman–Crippen LogP) is 2.44. The van der Waals surface area contributed by atoms with Crippen LogP contribution >= 0.6 is 0 Å². The number of aromatic amines is 1. The number of hydrogen-bond acceptors (Lipinski definition) is 6. The monoisotopic (exact) mass is 417 g/mol. The minimum absolute atomic E-state index is 0.260. The van der Waals surface area contributed by atoms with Gasteiger partial charge < -0.3 is 25.1 Å². The number of para-hydroxylation sites is 1. The van der Waals surface area contributed by atoms with Crippen LogP contribution in [0.3, 0.4) is 0 Å². The minimum Gasteiger partial charge on any atom is -0.497 e. The molecule has 0 aliphatic carbocycles. The number of anilines is 1. The predicted molar refractivity (Wildman–Crippen MR) is 119 cm³/mol. The molecule has 2 aromatic heterocycles. The van der Waals surface area contributed by atoms with Crippen LogP contribution in [0.4, 0.5) is 5.82 Å². The largest absolute Gasteiger partial charge is 0.497 e. The van der Waals surface area contributed by atoms with E-state index in [1.54, 1.807) is 7.11 Å². The van der Waals surface area contributed by atoms with E-state index in [2.05, 4.69) is 50.2 Å². The summed E-state index contributed by atoms with van der Waals surface area (Å²) in [5, 5.41) is 4.63. The molecule has 1 unspecified atom stereocenters. The van der Waals surface area contributed by atoms with E-state index in [1.165, 1.54) is 0 Å². The Morgan fingerprint density at radius 2 is 2.03 bits per heavy atom. The molecule has 0 amide bonds. The first kappa shape index (κ1) is 19.2. The van der Waals surface area contributed by atoms with Crippen molar-refractivity contribution in [2.24, 2.45) is 0 Å². The molecule has 0 fully saturated rings. The number of nitrogens with one attached hydrogen (secondary N) is 2. The molecule has 0 saturated heterocycles. The van der Waals surface area contributed by atoms with Gasteiger partial charge in [0, 0.05) is 24.3 Å². The Kier molecular flexibility index (Phi) is 4.83. The number of fused-ring (bicyclic) bond motifs is 2. The molecule has 1 aliphatic heterocycles. The standard InChI is InChI=1S/C23H23N5O3/c1-30-16-8-6-14(7-9-16)13-28-17-5-3-2-4-15(17)12-18(28)20-19-21(24)26-23(29)27-22(19)31-11-10-25-20/h2-9,12,20,25H,10-11,13H2,1H3,(H3,24,26,27,29). The highest BCUT2D eigenvalue weighted by Gasteiger charge is 2.29. The first-order valence-corrected chi connectivity index (χ1v) is 10.1. The summed E-state index contributed by atoms with van der Waals surface area (Å²) >= 11 is 0. The average molecular weight is 417 g/mol. The van der Waals surface area contributed by atoms with E-state index in [1.807, 2.05) is 24.3 Å². The third-order valence-corrected chi connectivity index (χ3v) is 5.58. The summed E-state index contributed by atoms with van der Waals surface area (Å²) < 4.78 is 13.3. The highest BCUT2D eigenvalue weighted by molar-refractivity contribution is 5.82. The fourth-order valence-corrected chi connectivity index (χ4v) is 4.13. The molecule has 0 spiro atoms. The smallest absolute Gasteiger partial charge is 0.349 e. The van der Waals surface area contributed by atoms with Crippen LogP contribution in [0.5, 0.6) is 11.6 Å². The van der Waals surface area contributed by atoms with Gasteiger partial charge in [0.2, 0.25) is 5.88 Å². The summed E-state index contributed by atoms with van der Waals surface area (Å²) in [4.78, 5) is 18.5. The van der Waals surface area contributed by atoms with E-state index >= 15 is 0 Å². The minimum atomic E-state index is -0.518. The summed E-state index contributed by atoms with van der Waals surface area (Å²) in [5.74, 6) is 1.36. The van der Waals surface area contributed by atoms with E-state index in [9.17, 15) is 4.79 Å². The van der Waals surface area contributed by atoms with Gasteiger partial charge in [-0.25, -0.2) is 4.79 Å². The second-order valence-electron chi connectivity index (χ2n) is 7.47. The van der Waals surface area contributed by atoms with Crippen LogP contribution < -0.4 is 26.2 Å². The summed E-state index contributed by atoms with van der Waals surface area (Å²) in [6, 6.07) is 18.1. The quantitative estimate of drug-likeness (QED) is 0.471. The Balaban J connectivity index is 1.67. The third kappa shape index (κ3) is 3.51. The number of hydrogen-bond donors (Lipinski definition) is 3. The van der Waals surface area contributed by atoms with Gasteiger partial charge in [-0.15, -0.1) is 0 Å². The topological polar surface area (TPSA) is 107 Å². The first-order chi connectivity index (χ1) is 15.1. The van der Waals surface area contributed by atoms with Crippen LogP contribution in [-0.4, -0.2) is 34.8 Å². The maximum absolute atomic E-state index is 11.9. The van der Waals surface area contributed by atoms with E-state index in [4.69, 9.17) is 15.2 Å². The molecule has 4 aromatic rings. The number of nitrogen functional groups attached to an aromatic ring is 1. The molecule has 1 aliphatic rings. The molecule has 31 heavy (non-hydrogen) atoms. The number of ether oxygens (including phenoxy) is 2. The summed E-state index contributed by atoms with van der Waals surface area (Å²) in [5.41, 5.74) is 9.63. The normalized spacial score (nSPS) is 15.8. The molecular weight excluding hydrogens is 394 g/mol. The van der Waals surface area contributed by atoms with E-state index in [0.29, 0.717) is 25.3 Å². The van der Waals surface area contributed by atoms with Gasteiger partial charge in [0.05, 0.1) is 18.7 Å². The lowest BCUT2D eigenvalue weighted by molar-refractivity contribution is 0.312. The highest BCUT2D eigenvalue weighted by atomic mass is 16.5. The molecule has 5 rings (SSSR count). The maximum atomic E-state index is 11.9. The van der Waals surface area contributed by atoms with Crippen molar-refractivity contribution in [3.63, 3.8) is 0 Å². The SMILES string of the molecule is COc1ccc(Cn2c(C3NCCOc4nc(=O)[nH]c(N)c43)cc3ccccc32)cc1. The van der Waals surface area contributed by atoms with Crippen molar-refractivity contribution in [2.75, 3.05) is 26.0 Å². The number of methoxy groups -OCH3 is 1. The fourth-order valence-electron chi connectivity index (χ4n) is 4.13. The molecule has 1 atom stereocenters. The number of nitrogens with zero attached hydrogens (tertiary/aromatic N) is 2. The Morgan fingerprint density at radius 3 is 2.84 bits per heavy atom. The number of benzene rings is 2. The molecule has 3 heterocycles. The zero-order chi connectivity index (χ0) is 21.4. The molecule has 2 aromatic carbocycles. The van der Waals surface area contributed by atoms with Gasteiger partial charge in [-0.2, -0.15) is 4.98 Å². The van der Waals surface area contributed by atoms with Crippen LogP contribution in [0, 0.1) is 0 Å². The highest BCUT2D eigenvalue weighted by Crippen LogP contribution is 2.36. The number of H-pyrrole nitrogens is 1. The van der Waals surface area contributed by atoms with Crippen LogP contribution in [0.2, 0.25) is 0 Å². The lowest BCUT2D eigenvalue weighted by atomic mass is 10.0. The van der Waals surface area contributed by atoms with Crippen molar-refractivity contribution in [3.8, 4) is 11.6 Å². The molecule has 0 saturated carbocycles. The van der Waals surface area contributed by atoms with Crippen LogP contribution in [-0.2, 0) is 6.54 Å². The summed E-state index contributed by atoms with van der Waals surface area (Å²) in [6.45, 7) is 1.66. The Morgan fingerprint density at radius 1 is 1.23 bits per heavy atom. The molecular formula is C23H23N5O3. The number of nitrogens with two attached hydrogens (primary N) is 1. The van der Waals surface area contributed by atoms with Gasteiger partial charge in [0.25, 0.3) is 0 Å². The third-order valence-electron chi connectivity index (χ3n) is 5.58. The van der Waals surface area contributed by atoms with Crippen molar-refractivity contribution in [1.29, 1.82) is 0 Å². The summed E-state index contributed by atoms with van der Waals surface area (Å²) in [7, 11) is 1.66. The molecule has 4 N–H and O–H groups in total. The van der Waals surface area contributed by atoms with E-state index < -0.39 is 5.69 Å². The second kappa shape index (κ2) is 7.81. The van der Waals surface area contributed by atoms with Crippen molar-refractivity contribution < 1.29 is 9.47 Å². The fraction of sp³-hybridized carbons (Fsp3) is 0.217. The van der Waals surface area contributed by atoms with Crippen molar-refractivity contribution in [1.82, 2.24) is 19.9 Å². The van der Waals surface area contributed by atoms with Crippen molar-refractivity contribution >= 4 is 16.7 Å². The van der Waals surface area contributed by atoms with Crippen LogP contribution in [0.1, 0.15) is 22.9 Å². The van der Waals surface area contributed by atoms with Gasteiger partial charge in [0.15, 0.2) is 0 Å². The van der Waals surface area contributed by atoms with Gasteiger partial charge in [-0.3, -0.25) is 4.98 Å². The Labute approximate surface area is 178 Å². The Hall–Kier alpha value is -3.78. The van der Waals surface area contributed by atoms with Gasteiger partial charge in [-0.05, 0) is 35.2 Å². The van der Waals surface area contributed by atoms with Crippen LogP contribution in [0.25, 0.3) is 10.9 Å². The molecule has 8 nitrogen and oxygen atoms in total. The lowest BCUT2D eigenvalue weighted by Crippen LogP contribution is -2.27. The lowest BCUT2D eigenvalue weighted by Gasteiger charge is -2.21. The molecule has 158 valence electrons.